The van der Waals surface area contributed by atoms with Gasteiger partial charge in [0.25, 0.3) is 0 Å². The summed E-state index contributed by atoms with van der Waals surface area (Å²) in [6.07, 6.45) is 0. The molecule has 0 aromatic heterocycles. The molecule has 14 heavy (non-hydrogen) atoms. The first kappa shape index (κ1) is 11.5. The van der Waals surface area contributed by atoms with Crippen LogP contribution in [0.4, 0.5) is 0 Å². The molecule has 78 valence electrons. The summed E-state index contributed by atoms with van der Waals surface area (Å²) in [6, 6.07) is 6.86. The fourth-order valence-corrected chi connectivity index (χ4v) is 2.18. The van der Waals surface area contributed by atoms with Crippen LogP contribution >= 0.6 is 11.6 Å². The Labute approximate surface area is 89.8 Å². The predicted molar refractivity (Wildman–Crippen MR) is 58.4 cm³/mol. The van der Waals surface area contributed by atoms with Crippen molar-refractivity contribution in [2.24, 2.45) is 0 Å². The fourth-order valence-electron chi connectivity index (χ4n) is 1.12. The Bertz CT molecular complexity index is 393. The molecule has 0 spiro atoms. The normalized spacial score (nSPS) is 12.0. The Kier molecular flexibility index (Phi) is 3.56. The highest BCUT2D eigenvalue weighted by molar-refractivity contribution is 7.92. The van der Waals surface area contributed by atoms with E-state index in [4.69, 9.17) is 11.6 Å². The molecular formula is C10H13ClO2S. The minimum absolute atomic E-state index is 0.289. The second-order valence-electron chi connectivity index (χ2n) is 3.45. The molecule has 0 aliphatic heterocycles. The number of hydrogen-bond acceptors (Lipinski definition) is 2. The van der Waals surface area contributed by atoms with Gasteiger partial charge in [-0.05, 0) is 23.6 Å². The smallest absolute Gasteiger partial charge is 0.192 e. The summed E-state index contributed by atoms with van der Waals surface area (Å²) in [7, 11) is -3.28. The average molecular weight is 233 g/mol. The molecule has 4 heteroatoms. The molecule has 0 unspecified atom stereocenters. The lowest BCUT2D eigenvalue weighted by atomic mass is 10.0. The van der Waals surface area contributed by atoms with Gasteiger partial charge in [0.1, 0.15) is 5.21 Å². The van der Waals surface area contributed by atoms with Crippen LogP contribution in [0.1, 0.15) is 25.3 Å². The van der Waals surface area contributed by atoms with Crippen LogP contribution in [0, 0.1) is 0 Å². The van der Waals surface area contributed by atoms with E-state index in [-0.39, 0.29) is 10.1 Å². The van der Waals surface area contributed by atoms with Gasteiger partial charge in [-0.15, -0.1) is 11.6 Å². The summed E-state index contributed by atoms with van der Waals surface area (Å²) >= 11 is 5.34. The number of halogens is 1. The Morgan fingerprint density at radius 1 is 1.21 bits per heavy atom. The molecule has 0 saturated heterocycles. The zero-order chi connectivity index (χ0) is 10.8. The number of hydrogen-bond donors (Lipinski definition) is 0. The second kappa shape index (κ2) is 4.32. The van der Waals surface area contributed by atoms with E-state index in [9.17, 15) is 8.42 Å². The van der Waals surface area contributed by atoms with Gasteiger partial charge in [0, 0.05) is 0 Å². The first-order valence-corrected chi connectivity index (χ1v) is 6.54. The van der Waals surface area contributed by atoms with Gasteiger partial charge >= 0.3 is 0 Å². The van der Waals surface area contributed by atoms with Gasteiger partial charge < -0.3 is 0 Å². The standard InChI is InChI=1S/C10H13ClO2S/c1-8(2)9-3-5-10(6-4-9)14(12,13)7-11/h3-6,8H,7H2,1-2H3. The van der Waals surface area contributed by atoms with Gasteiger partial charge in [0.15, 0.2) is 9.84 Å². The second-order valence-corrected chi connectivity index (χ2v) is 6.02. The molecule has 0 saturated carbocycles. The zero-order valence-corrected chi connectivity index (χ0v) is 9.77. The molecule has 0 atom stereocenters. The third kappa shape index (κ3) is 2.49. The zero-order valence-electron chi connectivity index (χ0n) is 8.20. The van der Waals surface area contributed by atoms with E-state index < -0.39 is 9.84 Å². The highest BCUT2D eigenvalue weighted by Gasteiger charge is 2.12. The van der Waals surface area contributed by atoms with Gasteiger partial charge in [-0.3, -0.25) is 0 Å². The van der Waals surface area contributed by atoms with Crippen molar-refractivity contribution in [1.29, 1.82) is 0 Å². The van der Waals surface area contributed by atoms with Gasteiger partial charge in [-0.2, -0.15) is 0 Å². The molecule has 0 amide bonds. The SMILES string of the molecule is CC(C)c1ccc(S(=O)(=O)CCl)cc1. The van der Waals surface area contributed by atoms with Crippen LogP contribution in [-0.4, -0.2) is 13.6 Å². The van der Waals surface area contributed by atoms with Crippen molar-refractivity contribution in [3.63, 3.8) is 0 Å². The summed E-state index contributed by atoms with van der Waals surface area (Å²) in [6.45, 7) is 4.12. The molecular weight excluding hydrogens is 220 g/mol. The largest absolute Gasteiger partial charge is 0.222 e. The summed E-state index contributed by atoms with van der Waals surface area (Å²) in [4.78, 5) is 0.289. The van der Waals surface area contributed by atoms with Crippen molar-refractivity contribution in [3.05, 3.63) is 29.8 Å². The Hall–Kier alpha value is -0.540. The van der Waals surface area contributed by atoms with Crippen molar-refractivity contribution in [2.75, 3.05) is 5.21 Å². The third-order valence-corrected chi connectivity index (χ3v) is 4.19. The molecule has 0 bridgehead atoms. The van der Waals surface area contributed by atoms with Crippen molar-refractivity contribution in [2.45, 2.75) is 24.7 Å². The molecule has 1 aromatic carbocycles. The van der Waals surface area contributed by atoms with Gasteiger partial charge in [-0.25, -0.2) is 8.42 Å². The van der Waals surface area contributed by atoms with Crippen LogP contribution in [-0.2, 0) is 9.84 Å². The highest BCUT2D eigenvalue weighted by atomic mass is 35.5. The fraction of sp³-hybridized carbons (Fsp3) is 0.400. The van der Waals surface area contributed by atoms with E-state index >= 15 is 0 Å². The lowest BCUT2D eigenvalue weighted by Crippen LogP contribution is -2.02. The molecule has 2 nitrogen and oxygen atoms in total. The topological polar surface area (TPSA) is 34.1 Å². The van der Waals surface area contributed by atoms with Gasteiger partial charge in [0.2, 0.25) is 0 Å². The van der Waals surface area contributed by atoms with Crippen LogP contribution in [0.3, 0.4) is 0 Å². The number of alkyl halides is 1. The van der Waals surface area contributed by atoms with Crippen LogP contribution in [0.25, 0.3) is 0 Å². The highest BCUT2D eigenvalue weighted by Crippen LogP contribution is 2.18. The molecule has 1 rings (SSSR count). The van der Waals surface area contributed by atoms with Crippen molar-refractivity contribution >= 4 is 21.4 Å². The monoisotopic (exact) mass is 232 g/mol. The molecule has 0 N–H and O–H groups in total. The van der Waals surface area contributed by atoms with E-state index in [1.54, 1.807) is 12.1 Å². The molecule has 0 heterocycles. The number of rotatable bonds is 3. The maximum Gasteiger partial charge on any atom is 0.192 e. The Morgan fingerprint density at radius 2 is 1.71 bits per heavy atom. The molecule has 0 aliphatic rings. The van der Waals surface area contributed by atoms with Gasteiger partial charge in [0.05, 0.1) is 4.90 Å². The van der Waals surface area contributed by atoms with E-state index in [2.05, 4.69) is 13.8 Å². The van der Waals surface area contributed by atoms with E-state index in [0.29, 0.717) is 5.92 Å². The number of sulfone groups is 1. The van der Waals surface area contributed by atoms with Crippen LogP contribution in [0.5, 0.6) is 0 Å². The quantitative estimate of drug-likeness (QED) is 0.751. The van der Waals surface area contributed by atoms with E-state index in [1.165, 1.54) is 0 Å². The molecule has 1 aromatic rings. The predicted octanol–water partition coefficient (Wildman–Crippen LogP) is 2.78. The maximum atomic E-state index is 11.4. The first-order chi connectivity index (χ1) is 6.47. The summed E-state index contributed by atoms with van der Waals surface area (Å²) in [5.41, 5.74) is 1.12. The molecule has 0 radical (unpaired) electrons. The van der Waals surface area contributed by atoms with Crippen LogP contribution < -0.4 is 0 Å². The summed E-state index contributed by atoms with van der Waals surface area (Å²) < 4.78 is 22.7. The first-order valence-electron chi connectivity index (χ1n) is 4.36. The average Bonchev–Trinajstić information content (AvgIpc) is 2.18. The molecule has 0 fully saturated rings. The minimum atomic E-state index is -3.28. The van der Waals surface area contributed by atoms with Crippen LogP contribution in [0.15, 0.2) is 29.2 Å². The van der Waals surface area contributed by atoms with Crippen molar-refractivity contribution in [1.82, 2.24) is 0 Å². The lowest BCUT2D eigenvalue weighted by molar-refractivity contribution is 0.600. The van der Waals surface area contributed by atoms with Crippen molar-refractivity contribution < 1.29 is 8.42 Å². The minimum Gasteiger partial charge on any atom is -0.222 e. The maximum absolute atomic E-state index is 11.4. The van der Waals surface area contributed by atoms with Crippen LogP contribution in [0.2, 0.25) is 0 Å². The Morgan fingerprint density at radius 3 is 2.07 bits per heavy atom. The summed E-state index contributed by atoms with van der Waals surface area (Å²) in [5, 5.41) is -0.367. The molecule has 0 aliphatic carbocycles. The Balaban J connectivity index is 3.06. The van der Waals surface area contributed by atoms with E-state index in [0.717, 1.165) is 5.56 Å². The van der Waals surface area contributed by atoms with Crippen molar-refractivity contribution in [3.8, 4) is 0 Å². The third-order valence-electron chi connectivity index (χ3n) is 2.05. The lowest BCUT2D eigenvalue weighted by Gasteiger charge is -2.06. The number of benzene rings is 1. The van der Waals surface area contributed by atoms with Gasteiger partial charge in [-0.1, -0.05) is 26.0 Å². The summed E-state index contributed by atoms with van der Waals surface area (Å²) in [5.74, 6) is 0.405. The van der Waals surface area contributed by atoms with E-state index in [1.807, 2.05) is 12.1 Å².